The Labute approximate surface area is 121 Å². The van der Waals surface area contributed by atoms with Gasteiger partial charge in [0, 0.05) is 26.7 Å². The molecule has 0 aliphatic rings. The van der Waals surface area contributed by atoms with Crippen molar-refractivity contribution in [2.45, 2.75) is 4.90 Å². The number of nitro groups is 1. The van der Waals surface area contributed by atoms with Crippen LogP contribution in [-0.4, -0.2) is 56.5 Å². The molecule has 10 heteroatoms. The number of rotatable bonds is 6. The lowest BCUT2D eigenvalue weighted by Gasteiger charge is -2.14. The van der Waals surface area contributed by atoms with Crippen LogP contribution in [0.5, 0.6) is 0 Å². The van der Waals surface area contributed by atoms with E-state index >= 15 is 0 Å². The van der Waals surface area contributed by atoms with E-state index in [0.717, 1.165) is 17.0 Å². The van der Waals surface area contributed by atoms with Gasteiger partial charge in [-0.2, -0.15) is 0 Å². The summed E-state index contributed by atoms with van der Waals surface area (Å²) >= 11 is 0. The van der Waals surface area contributed by atoms with E-state index in [1.54, 1.807) is 0 Å². The van der Waals surface area contributed by atoms with E-state index in [4.69, 9.17) is 5.11 Å². The van der Waals surface area contributed by atoms with E-state index in [2.05, 4.69) is 4.72 Å². The fourth-order valence-electron chi connectivity index (χ4n) is 1.59. The molecule has 0 aromatic heterocycles. The van der Waals surface area contributed by atoms with Crippen LogP contribution in [0.1, 0.15) is 10.4 Å². The van der Waals surface area contributed by atoms with Gasteiger partial charge < -0.3 is 10.0 Å². The second-order valence-corrected chi connectivity index (χ2v) is 5.96. The lowest BCUT2D eigenvalue weighted by molar-refractivity contribution is -0.385. The fourth-order valence-corrected chi connectivity index (χ4v) is 2.83. The number of carbonyl (C=O) groups is 1. The van der Waals surface area contributed by atoms with Gasteiger partial charge in [0.15, 0.2) is 0 Å². The molecule has 2 N–H and O–H groups in total. The number of sulfonamides is 1. The largest absolute Gasteiger partial charge is 0.395 e. The van der Waals surface area contributed by atoms with Gasteiger partial charge in [0.1, 0.15) is 10.5 Å². The van der Waals surface area contributed by atoms with E-state index in [1.165, 1.54) is 20.2 Å². The van der Waals surface area contributed by atoms with Crippen LogP contribution >= 0.6 is 0 Å². The molecule has 9 nitrogen and oxygen atoms in total. The maximum Gasteiger partial charge on any atom is 0.283 e. The highest BCUT2D eigenvalue weighted by molar-refractivity contribution is 7.89. The molecule has 0 heterocycles. The van der Waals surface area contributed by atoms with Crippen molar-refractivity contribution in [2.24, 2.45) is 0 Å². The minimum atomic E-state index is -4.15. The minimum absolute atomic E-state index is 0.263. The number of aliphatic hydroxyl groups excluding tert-OH is 1. The van der Waals surface area contributed by atoms with Crippen LogP contribution in [0.4, 0.5) is 5.69 Å². The van der Waals surface area contributed by atoms with Gasteiger partial charge >= 0.3 is 0 Å². The minimum Gasteiger partial charge on any atom is -0.395 e. The predicted molar refractivity (Wildman–Crippen MR) is 73.4 cm³/mol. The van der Waals surface area contributed by atoms with Gasteiger partial charge in [0.25, 0.3) is 11.6 Å². The summed E-state index contributed by atoms with van der Waals surface area (Å²) in [5, 5.41) is 19.7. The molecule has 0 fully saturated rings. The summed E-state index contributed by atoms with van der Waals surface area (Å²) in [5.41, 5.74) is -1.11. The van der Waals surface area contributed by atoms with Crippen molar-refractivity contribution in [1.29, 1.82) is 0 Å². The monoisotopic (exact) mass is 317 g/mol. The first-order valence-electron chi connectivity index (χ1n) is 5.82. The van der Waals surface area contributed by atoms with E-state index in [9.17, 15) is 23.3 Å². The molecule has 0 aliphatic heterocycles. The Morgan fingerprint density at radius 1 is 1.43 bits per heavy atom. The van der Waals surface area contributed by atoms with Gasteiger partial charge in [-0.25, -0.2) is 13.1 Å². The lowest BCUT2D eigenvalue weighted by atomic mass is 10.1. The molecule has 1 rings (SSSR count). The van der Waals surface area contributed by atoms with Crippen molar-refractivity contribution in [3.8, 4) is 0 Å². The predicted octanol–water partition coefficient (Wildman–Crippen LogP) is -0.433. The second-order valence-electron chi connectivity index (χ2n) is 4.23. The summed E-state index contributed by atoms with van der Waals surface area (Å²) in [6, 6.07) is 3.34. The van der Waals surface area contributed by atoms with Crippen LogP contribution in [-0.2, 0) is 10.0 Å². The standard InChI is InChI=1S/C11H15N3O6S/c1-13(2)11(16)10-8(14(17)18)4-3-5-9(10)21(19,20)12-6-7-15/h3-5,12,15H,6-7H2,1-2H3. The van der Waals surface area contributed by atoms with E-state index in [1.807, 2.05) is 0 Å². The average Bonchev–Trinajstić information content (AvgIpc) is 2.43. The number of carbonyl (C=O) groups excluding carboxylic acids is 1. The molecule has 1 aromatic rings. The number of nitrogens with zero attached hydrogens (tertiary/aromatic N) is 2. The number of hydrogen-bond acceptors (Lipinski definition) is 6. The summed E-state index contributed by atoms with van der Waals surface area (Å²) in [5.74, 6) is -0.799. The molecule has 0 bridgehead atoms. The first kappa shape index (κ1) is 17.0. The third-order valence-electron chi connectivity index (χ3n) is 2.51. The number of amides is 1. The Kier molecular flexibility index (Phi) is 5.35. The molecule has 1 amide bonds. The lowest BCUT2D eigenvalue weighted by Crippen LogP contribution is -2.31. The zero-order valence-corrected chi connectivity index (χ0v) is 12.3. The summed E-state index contributed by atoms with van der Waals surface area (Å²) in [6.07, 6.45) is 0. The maximum atomic E-state index is 12.1. The molecule has 116 valence electrons. The van der Waals surface area contributed by atoms with Crippen LogP contribution in [0.25, 0.3) is 0 Å². The quantitative estimate of drug-likeness (QED) is 0.541. The number of nitro benzene ring substituents is 1. The normalized spacial score (nSPS) is 11.2. The average molecular weight is 317 g/mol. The molecule has 0 radical (unpaired) electrons. The van der Waals surface area contributed by atoms with Crippen molar-refractivity contribution >= 4 is 21.6 Å². The summed E-state index contributed by atoms with van der Waals surface area (Å²) < 4.78 is 26.3. The second kappa shape index (κ2) is 6.61. The highest BCUT2D eigenvalue weighted by Gasteiger charge is 2.31. The Balaban J connectivity index is 3.56. The van der Waals surface area contributed by atoms with E-state index in [0.29, 0.717) is 0 Å². The van der Waals surface area contributed by atoms with Gasteiger partial charge in [0.05, 0.1) is 11.5 Å². The summed E-state index contributed by atoms with van der Waals surface area (Å²) in [4.78, 5) is 22.8. The van der Waals surface area contributed by atoms with Crippen molar-refractivity contribution in [3.05, 3.63) is 33.9 Å². The Hall–Kier alpha value is -2.04. The summed E-state index contributed by atoms with van der Waals surface area (Å²) in [6.45, 7) is -0.703. The van der Waals surface area contributed by atoms with Gasteiger partial charge in [-0.3, -0.25) is 14.9 Å². The van der Waals surface area contributed by atoms with Gasteiger partial charge in [-0.05, 0) is 6.07 Å². The molecule has 0 aliphatic carbocycles. The van der Waals surface area contributed by atoms with Crippen molar-refractivity contribution < 1.29 is 23.2 Å². The first-order valence-corrected chi connectivity index (χ1v) is 7.30. The Morgan fingerprint density at radius 3 is 2.52 bits per heavy atom. The van der Waals surface area contributed by atoms with Crippen LogP contribution in [0.15, 0.2) is 23.1 Å². The first-order chi connectivity index (χ1) is 9.72. The van der Waals surface area contributed by atoms with Crippen LogP contribution in [0.2, 0.25) is 0 Å². The van der Waals surface area contributed by atoms with Crippen LogP contribution < -0.4 is 4.72 Å². The fraction of sp³-hybridized carbons (Fsp3) is 0.364. The SMILES string of the molecule is CN(C)C(=O)c1c([N+](=O)[O-])cccc1S(=O)(=O)NCCO. The Bertz CT molecular complexity index is 656. The molecule has 0 unspecified atom stereocenters. The molecule has 0 saturated carbocycles. The number of benzene rings is 1. The highest BCUT2D eigenvalue weighted by Crippen LogP contribution is 2.26. The van der Waals surface area contributed by atoms with Gasteiger partial charge in [-0.1, -0.05) is 6.07 Å². The zero-order valence-electron chi connectivity index (χ0n) is 11.4. The van der Waals surface area contributed by atoms with Crippen LogP contribution in [0.3, 0.4) is 0 Å². The molecule has 0 spiro atoms. The highest BCUT2D eigenvalue weighted by atomic mass is 32.2. The maximum absolute atomic E-state index is 12.1. The number of aliphatic hydroxyl groups is 1. The molecule has 21 heavy (non-hydrogen) atoms. The third kappa shape index (κ3) is 3.74. The molecule has 0 atom stereocenters. The van der Waals surface area contributed by atoms with E-state index in [-0.39, 0.29) is 6.54 Å². The summed E-state index contributed by atoms with van der Waals surface area (Å²) in [7, 11) is -1.43. The molecular formula is C11H15N3O6S. The van der Waals surface area contributed by atoms with Crippen molar-refractivity contribution in [3.63, 3.8) is 0 Å². The smallest absolute Gasteiger partial charge is 0.283 e. The Morgan fingerprint density at radius 2 is 2.05 bits per heavy atom. The zero-order chi connectivity index (χ0) is 16.2. The van der Waals surface area contributed by atoms with E-state index < -0.39 is 43.6 Å². The third-order valence-corrected chi connectivity index (χ3v) is 4.02. The number of nitrogens with one attached hydrogen (secondary N) is 1. The molecule has 1 aromatic carbocycles. The van der Waals surface area contributed by atoms with Crippen LogP contribution in [0, 0.1) is 10.1 Å². The van der Waals surface area contributed by atoms with Gasteiger partial charge in [-0.15, -0.1) is 0 Å². The topological polar surface area (TPSA) is 130 Å². The van der Waals surface area contributed by atoms with Crippen molar-refractivity contribution in [1.82, 2.24) is 9.62 Å². The molecule has 0 saturated heterocycles. The van der Waals surface area contributed by atoms with Gasteiger partial charge in [0.2, 0.25) is 10.0 Å². The molecular weight excluding hydrogens is 302 g/mol. The number of hydrogen-bond donors (Lipinski definition) is 2. The van der Waals surface area contributed by atoms with Crippen molar-refractivity contribution in [2.75, 3.05) is 27.2 Å².